The van der Waals surface area contributed by atoms with Gasteiger partial charge in [0.15, 0.2) is 0 Å². The van der Waals surface area contributed by atoms with Crippen molar-refractivity contribution in [3.05, 3.63) is 59.0 Å². The van der Waals surface area contributed by atoms with Crippen molar-refractivity contribution in [2.45, 2.75) is 19.9 Å². The maximum atomic E-state index is 12.2. The van der Waals surface area contributed by atoms with Gasteiger partial charge in [-0.2, -0.15) is 0 Å². The van der Waals surface area contributed by atoms with Crippen LogP contribution in [0.3, 0.4) is 0 Å². The molecule has 0 bridgehead atoms. The molecule has 1 unspecified atom stereocenters. The van der Waals surface area contributed by atoms with Crippen LogP contribution in [0.5, 0.6) is 0 Å². The van der Waals surface area contributed by atoms with Crippen LogP contribution in [0.1, 0.15) is 33.5 Å². The van der Waals surface area contributed by atoms with Gasteiger partial charge in [0.25, 0.3) is 5.91 Å². The van der Waals surface area contributed by atoms with Crippen LogP contribution in [0, 0.1) is 13.8 Å². The van der Waals surface area contributed by atoms with Crippen LogP contribution in [0.25, 0.3) is 0 Å². The third-order valence-electron chi connectivity index (χ3n) is 3.45. The lowest BCUT2D eigenvalue weighted by atomic mass is 10.1. The summed E-state index contributed by atoms with van der Waals surface area (Å²) in [6.45, 7) is 4.40. The van der Waals surface area contributed by atoms with Crippen molar-refractivity contribution in [1.82, 2.24) is 10.2 Å². The lowest BCUT2D eigenvalue weighted by Crippen LogP contribution is -2.34. The molecule has 1 heterocycles. The van der Waals surface area contributed by atoms with Crippen molar-refractivity contribution in [1.29, 1.82) is 0 Å². The van der Waals surface area contributed by atoms with E-state index in [1.54, 1.807) is 0 Å². The lowest BCUT2D eigenvalue weighted by Gasteiger charge is -2.22. The van der Waals surface area contributed by atoms with Crippen LogP contribution < -0.4 is 5.32 Å². The normalized spacial score (nSPS) is 11.9. The molecule has 1 amide bonds. The molecule has 1 aromatic heterocycles. The molecule has 1 N–H and O–H groups in total. The maximum absolute atomic E-state index is 12.2. The molecule has 1 atom stereocenters. The predicted octanol–water partition coefficient (Wildman–Crippen LogP) is 3.35. The van der Waals surface area contributed by atoms with Crippen LogP contribution in [0.15, 0.2) is 40.8 Å². The van der Waals surface area contributed by atoms with E-state index in [0.29, 0.717) is 12.1 Å². The van der Waals surface area contributed by atoms with Gasteiger partial charge in [-0.1, -0.05) is 17.7 Å². The summed E-state index contributed by atoms with van der Waals surface area (Å²) >= 11 is 0. The quantitative estimate of drug-likeness (QED) is 0.918. The third kappa shape index (κ3) is 4.61. The first kappa shape index (κ1) is 18.3. The Labute approximate surface area is 137 Å². The number of aryl methyl sites for hydroxylation is 2. The zero-order chi connectivity index (χ0) is 15.4. The molecule has 22 heavy (non-hydrogen) atoms. The van der Waals surface area contributed by atoms with Gasteiger partial charge >= 0.3 is 0 Å². The molecule has 0 aliphatic rings. The number of likely N-dealkylation sites (N-methyl/N-ethyl adjacent to an activating group) is 1. The summed E-state index contributed by atoms with van der Waals surface area (Å²) in [6.07, 6.45) is 0. The monoisotopic (exact) mass is 322 g/mol. The molecule has 0 fully saturated rings. The van der Waals surface area contributed by atoms with Crippen molar-refractivity contribution >= 4 is 18.3 Å². The molecule has 0 saturated carbocycles. The topological polar surface area (TPSA) is 45.5 Å². The molecule has 0 aliphatic carbocycles. The average Bonchev–Trinajstić information content (AvgIpc) is 2.85. The zero-order valence-corrected chi connectivity index (χ0v) is 14.2. The molecule has 0 aliphatic heterocycles. The van der Waals surface area contributed by atoms with Gasteiger partial charge in [-0.25, -0.2) is 0 Å². The van der Waals surface area contributed by atoms with E-state index in [1.165, 1.54) is 0 Å². The number of carbonyl (C=O) groups excluding carboxylic acids is 1. The van der Waals surface area contributed by atoms with Crippen molar-refractivity contribution in [2.75, 3.05) is 20.6 Å². The van der Waals surface area contributed by atoms with Gasteiger partial charge in [0, 0.05) is 12.1 Å². The Kier molecular flexibility index (Phi) is 6.65. The Morgan fingerprint density at radius 3 is 2.50 bits per heavy atom. The van der Waals surface area contributed by atoms with Crippen molar-refractivity contribution < 1.29 is 9.21 Å². The Morgan fingerprint density at radius 1 is 1.23 bits per heavy atom. The fourth-order valence-corrected chi connectivity index (χ4v) is 2.25. The molecule has 0 saturated heterocycles. The number of nitrogens with one attached hydrogen (secondary N) is 1. The number of benzene rings is 1. The number of hydrogen-bond acceptors (Lipinski definition) is 3. The van der Waals surface area contributed by atoms with Crippen LogP contribution in [0.4, 0.5) is 0 Å². The SMILES string of the molecule is Cc1cccc(C(=O)NCC(c2ccc(C)o2)N(C)C)c1.Cl. The summed E-state index contributed by atoms with van der Waals surface area (Å²) < 4.78 is 5.67. The fraction of sp³-hybridized carbons (Fsp3) is 0.353. The molecule has 0 spiro atoms. The molecule has 120 valence electrons. The van der Waals surface area contributed by atoms with Gasteiger partial charge in [0.1, 0.15) is 11.5 Å². The first-order chi connectivity index (χ1) is 9.97. The largest absolute Gasteiger partial charge is 0.465 e. The van der Waals surface area contributed by atoms with Gasteiger partial charge in [-0.3, -0.25) is 9.69 Å². The van der Waals surface area contributed by atoms with Gasteiger partial charge in [-0.05, 0) is 52.2 Å². The minimum absolute atomic E-state index is 0. The molecule has 2 rings (SSSR count). The second kappa shape index (κ2) is 8.01. The van der Waals surface area contributed by atoms with E-state index in [4.69, 9.17) is 4.42 Å². The van der Waals surface area contributed by atoms with E-state index in [-0.39, 0.29) is 24.4 Å². The van der Waals surface area contributed by atoms with E-state index in [9.17, 15) is 4.79 Å². The van der Waals surface area contributed by atoms with Crippen LogP contribution in [-0.2, 0) is 0 Å². The average molecular weight is 323 g/mol. The second-order valence-corrected chi connectivity index (χ2v) is 5.51. The summed E-state index contributed by atoms with van der Waals surface area (Å²) in [5.41, 5.74) is 1.76. The number of amides is 1. The van der Waals surface area contributed by atoms with Crippen LogP contribution in [-0.4, -0.2) is 31.4 Å². The van der Waals surface area contributed by atoms with Gasteiger partial charge in [0.05, 0.1) is 6.04 Å². The fourth-order valence-electron chi connectivity index (χ4n) is 2.25. The first-order valence-corrected chi connectivity index (χ1v) is 7.05. The first-order valence-electron chi connectivity index (χ1n) is 7.05. The second-order valence-electron chi connectivity index (χ2n) is 5.51. The van der Waals surface area contributed by atoms with Gasteiger partial charge < -0.3 is 9.73 Å². The minimum Gasteiger partial charge on any atom is -0.465 e. The van der Waals surface area contributed by atoms with E-state index in [1.807, 2.05) is 69.2 Å². The Hall–Kier alpha value is -1.78. The highest BCUT2D eigenvalue weighted by Gasteiger charge is 2.19. The standard InChI is InChI=1S/C17H22N2O2.ClH/c1-12-6-5-7-14(10-12)17(20)18-11-15(19(3)4)16-9-8-13(2)21-16;/h5-10,15H,11H2,1-4H3,(H,18,20);1H. The molecule has 4 nitrogen and oxygen atoms in total. The Balaban J connectivity index is 0.00000242. The molecular formula is C17H23ClN2O2. The summed E-state index contributed by atoms with van der Waals surface area (Å²) in [6, 6.07) is 11.5. The molecule has 1 aromatic carbocycles. The number of carbonyl (C=O) groups is 1. The maximum Gasteiger partial charge on any atom is 0.251 e. The van der Waals surface area contributed by atoms with Gasteiger partial charge in [-0.15, -0.1) is 12.4 Å². The highest BCUT2D eigenvalue weighted by Crippen LogP contribution is 2.20. The molecule has 2 aromatic rings. The summed E-state index contributed by atoms with van der Waals surface area (Å²) in [5, 5.41) is 2.97. The third-order valence-corrected chi connectivity index (χ3v) is 3.45. The van der Waals surface area contributed by atoms with E-state index in [2.05, 4.69) is 5.32 Å². The van der Waals surface area contributed by atoms with Crippen LogP contribution >= 0.6 is 12.4 Å². The van der Waals surface area contributed by atoms with Crippen LogP contribution in [0.2, 0.25) is 0 Å². The van der Waals surface area contributed by atoms with Crippen molar-refractivity contribution in [3.8, 4) is 0 Å². The Morgan fingerprint density at radius 2 is 1.95 bits per heavy atom. The molecule has 5 heteroatoms. The number of furan rings is 1. The minimum atomic E-state index is -0.0613. The van der Waals surface area contributed by atoms with E-state index < -0.39 is 0 Å². The zero-order valence-electron chi connectivity index (χ0n) is 13.4. The Bertz CT molecular complexity index is 623. The van der Waals surface area contributed by atoms with Gasteiger partial charge in [0.2, 0.25) is 0 Å². The van der Waals surface area contributed by atoms with E-state index in [0.717, 1.165) is 17.1 Å². The predicted molar refractivity (Wildman–Crippen MR) is 90.6 cm³/mol. The van der Waals surface area contributed by atoms with Crippen molar-refractivity contribution in [3.63, 3.8) is 0 Å². The number of rotatable bonds is 5. The summed E-state index contributed by atoms with van der Waals surface area (Å²) in [4.78, 5) is 14.2. The summed E-state index contributed by atoms with van der Waals surface area (Å²) in [7, 11) is 3.95. The van der Waals surface area contributed by atoms with E-state index >= 15 is 0 Å². The van der Waals surface area contributed by atoms with Crippen molar-refractivity contribution in [2.24, 2.45) is 0 Å². The smallest absolute Gasteiger partial charge is 0.251 e. The molecular weight excluding hydrogens is 300 g/mol. The highest BCUT2D eigenvalue weighted by molar-refractivity contribution is 5.94. The highest BCUT2D eigenvalue weighted by atomic mass is 35.5. The summed E-state index contributed by atoms with van der Waals surface area (Å²) in [5.74, 6) is 1.68. The number of halogens is 1. The molecule has 0 radical (unpaired) electrons. The number of hydrogen-bond donors (Lipinski definition) is 1. The number of nitrogens with zero attached hydrogens (tertiary/aromatic N) is 1. The lowest BCUT2D eigenvalue weighted by molar-refractivity contribution is 0.0939.